The molecule has 0 aliphatic carbocycles. The molecule has 0 radical (unpaired) electrons. The van der Waals surface area contributed by atoms with E-state index < -0.39 is 6.23 Å². The van der Waals surface area contributed by atoms with Gasteiger partial charge in [-0.25, -0.2) is 0 Å². The van der Waals surface area contributed by atoms with Gasteiger partial charge in [0.05, 0.1) is 0 Å². The molecule has 48 valence electrons. The molecule has 0 spiro atoms. The Morgan fingerprint density at radius 3 is 2.25 bits per heavy atom. The Labute approximate surface area is 50.2 Å². The Morgan fingerprint density at radius 2 is 2.12 bits per heavy atom. The quantitative estimate of drug-likeness (QED) is 0.414. The highest BCUT2D eigenvalue weighted by molar-refractivity contribution is 4.80. The number of aliphatic hydroxyl groups is 1. The number of aliphatic hydroxyl groups excluding tert-OH is 1. The normalized spacial score (nSPS) is 17.4. The molecular weight excluding hydrogens is 102 g/mol. The third-order valence-electron chi connectivity index (χ3n) is 0.858. The molecule has 8 heavy (non-hydrogen) atoms. The average molecular weight is 115 g/mol. The van der Waals surface area contributed by atoms with E-state index in [1.807, 2.05) is 6.92 Å². The van der Waals surface area contributed by atoms with Crippen LogP contribution in [0.4, 0.5) is 0 Å². The fourth-order valence-corrected chi connectivity index (χ4v) is 0.449. The van der Waals surface area contributed by atoms with E-state index in [9.17, 15) is 0 Å². The van der Waals surface area contributed by atoms with Gasteiger partial charge in [-0.05, 0) is 13.8 Å². The lowest BCUT2D eigenvalue weighted by Gasteiger charge is -2.10. The maximum atomic E-state index is 8.70. The van der Waals surface area contributed by atoms with Crippen LogP contribution in [0, 0.1) is 0 Å². The summed E-state index contributed by atoms with van der Waals surface area (Å²) in [4.78, 5) is 0. The molecule has 2 unspecified atom stereocenters. The van der Waals surface area contributed by atoms with Gasteiger partial charge in [-0.1, -0.05) is 6.08 Å². The summed E-state index contributed by atoms with van der Waals surface area (Å²) >= 11 is 0. The Morgan fingerprint density at radius 1 is 1.62 bits per heavy atom. The van der Waals surface area contributed by atoms with Crippen molar-refractivity contribution in [3.63, 3.8) is 0 Å². The minimum atomic E-state index is -0.442. The predicted octanol–water partition coefficient (Wildman–Crippen LogP) is 0.489. The molecule has 0 aliphatic rings. The predicted molar refractivity (Wildman–Crippen MR) is 34.5 cm³/mol. The fraction of sp³-hybridized carbons (Fsp3) is 0.667. The molecule has 0 aromatic heterocycles. The number of hydrogen-bond donors (Lipinski definition) is 2. The Balaban J connectivity index is 3.23. The molecule has 0 aromatic rings. The lowest BCUT2D eigenvalue weighted by Crippen LogP contribution is -2.32. The molecule has 0 amide bonds. The first-order valence-corrected chi connectivity index (χ1v) is 2.73. The molecule has 0 fully saturated rings. The summed E-state index contributed by atoms with van der Waals surface area (Å²) in [7, 11) is 0. The first-order chi connectivity index (χ1) is 3.66. The molecule has 2 N–H and O–H groups in total. The summed E-state index contributed by atoms with van der Waals surface area (Å²) in [6.07, 6.45) is 1.30. The molecule has 2 atom stereocenters. The van der Waals surface area contributed by atoms with Crippen LogP contribution < -0.4 is 5.32 Å². The van der Waals surface area contributed by atoms with Crippen LogP contribution in [0.5, 0.6) is 0 Å². The van der Waals surface area contributed by atoms with Crippen molar-refractivity contribution in [2.75, 3.05) is 0 Å². The van der Waals surface area contributed by atoms with E-state index in [0.717, 1.165) is 0 Å². The van der Waals surface area contributed by atoms with Gasteiger partial charge < -0.3 is 5.11 Å². The molecule has 0 aliphatic heterocycles. The van der Waals surface area contributed by atoms with Crippen molar-refractivity contribution in [1.82, 2.24) is 5.32 Å². The Kier molecular flexibility index (Phi) is 3.48. The van der Waals surface area contributed by atoms with Crippen LogP contribution in [0.3, 0.4) is 0 Å². The summed E-state index contributed by atoms with van der Waals surface area (Å²) in [6, 6.07) is 0.190. The zero-order valence-corrected chi connectivity index (χ0v) is 5.39. The van der Waals surface area contributed by atoms with Crippen molar-refractivity contribution < 1.29 is 5.11 Å². The van der Waals surface area contributed by atoms with Gasteiger partial charge in [0.2, 0.25) is 0 Å². The smallest absolute Gasteiger partial charge is 0.102 e. The van der Waals surface area contributed by atoms with Crippen molar-refractivity contribution >= 4 is 0 Å². The maximum absolute atomic E-state index is 8.70. The second-order valence-corrected chi connectivity index (χ2v) is 1.87. The van der Waals surface area contributed by atoms with Gasteiger partial charge in [0.15, 0.2) is 0 Å². The molecule has 0 bridgehead atoms. The Bertz CT molecular complexity index is 70.9. The number of nitrogens with one attached hydrogen (secondary N) is 1. The van der Waals surface area contributed by atoms with Crippen LogP contribution in [-0.4, -0.2) is 17.4 Å². The summed E-state index contributed by atoms with van der Waals surface area (Å²) in [5, 5.41) is 11.5. The first-order valence-electron chi connectivity index (χ1n) is 2.73. The molecule has 0 saturated carbocycles. The second-order valence-electron chi connectivity index (χ2n) is 1.87. The number of hydrogen-bond acceptors (Lipinski definition) is 2. The van der Waals surface area contributed by atoms with Crippen molar-refractivity contribution in [2.45, 2.75) is 26.1 Å². The standard InChI is InChI=1S/C6H13NO/c1-4-5(2)7-6(3)8/h4-8H,1H2,2-3H3. The lowest BCUT2D eigenvalue weighted by molar-refractivity contribution is 0.150. The fourth-order valence-electron chi connectivity index (χ4n) is 0.449. The molecular formula is C6H13NO. The van der Waals surface area contributed by atoms with Crippen LogP contribution in [-0.2, 0) is 0 Å². The minimum absolute atomic E-state index is 0.190. The Hall–Kier alpha value is -0.340. The molecule has 0 saturated heterocycles. The van der Waals surface area contributed by atoms with Gasteiger partial charge in [0, 0.05) is 6.04 Å². The van der Waals surface area contributed by atoms with E-state index in [-0.39, 0.29) is 6.04 Å². The summed E-state index contributed by atoms with van der Waals surface area (Å²) in [6.45, 7) is 7.15. The molecule has 0 heterocycles. The minimum Gasteiger partial charge on any atom is -0.379 e. The molecule has 0 rings (SSSR count). The first kappa shape index (κ1) is 7.66. The highest BCUT2D eigenvalue weighted by Crippen LogP contribution is 1.82. The van der Waals surface area contributed by atoms with Crippen molar-refractivity contribution in [2.24, 2.45) is 0 Å². The van der Waals surface area contributed by atoms with Gasteiger partial charge in [0.1, 0.15) is 6.23 Å². The zero-order chi connectivity index (χ0) is 6.57. The van der Waals surface area contributed by atoms with E-state index in [4.69, 9.17) is 5.11 Å². The van der Waals surface area contributed by atoms with Crippen LogP contribution in [0.25, 0.3) is 0 Å². The highest BCUT2D eigenvalue weighted by atomic mass is 16.3. The van der Waals surface area contributed by atoms with Gasteiger partial charge in [-0.2, -0.15) is 0 Å². The summed E-state index contributed by atoms with van der Waals surface area (Å²) < 4.78 is 0. The van der Waals surface area contributed by atoms with Crippen molar-refractivity contribution in [3.05, 3.63) is 12.7 Å². The topological polar surface area (TPSA) is 32.3 Å². The third kappa shape index (κ3) is 3.84. The SMILES string of the molecule is C=CC(C)NC(C)O. The van der Waals surface area contributed by atoms with E-state index in [0.29, 0.717) is 0 Å². The van der Waals surface area contributed by atoms with E-state index in [1.54, 1.807) is 13.0 Å². The van der Waals surface area contributed by atoms with Crippen LogP contribution in [0.2, 0.25) is 0 Å². The summed E-state index contributed by atoms with van der Waals surface area (Å²) in [5.41, 5.74) is 0. The second kappa shape index (κ2) is 3.64. The van der Waals surface area contributed by atoms with Crippen LogP contribution >= 0.6 is 0 Å². The largest absolute Gasteiger partial charge is 0.379 e. The van der Waals surface area contributed by atoms with Crippen LogP contribution in [0.1, 0.15) is 13.8 Å². The van der Waals surface area contributed by atoms with Gasteiger partial charge in [-0.15, -0.1) is 6.58 Å². The molecule has 2 nitrogen and oxygen atoms in total. The van der Waals surface area contributed by atoms with Gasteiger partial charge in [-0.3, -0.25) is 5.32 Å². The third-order valence-corrected chi connectivity index (χ3v) is 0.858. The molecule has 0 aromatic carbocycles. The van der Waals surface area contributed by atoms with Crippen molar-refractivity contribution in [1.29, 1.82) is 0 Å². The molecule has 2 heteroatoms. The highest BCUT2D eigenvalue weighted by Gasteiger charge is 1.96. The van der Waals surface area contributed by atoms with Crippen LogP contribution in [0.15, 0.2) is 12.7 Å². The average Bonchev–Trinajstić information content (AvgIpc) is 1.65. The van der Waals surface area contributed by atoms with E-state index in [2.05, 4.69) is 11.9 Å². The maximum Gasteiger partial charge on any atom is 0.102 e. The van der Waals surface area contributed by atoms with E-state index >= 15 is 0 Å². The zero-order valence-electron chi connectivity index (χ0n) is 5.39. The monoisotopic (exact) mass is 115 g/mol. The number of rotatable bonds is 3. The van der Waals surface area contributed by atoms with Gasteiger partial charge >= 0.3 is 0 Å². The van der Waals surface area contributed by atoms with Gasteiger partial charge in [0.25, 0.3) is 0 Å². The summed E-state index contributed by atoms with van der Waals surface area (Å²) in [5.74, 6) is 0. The lowest BCUT2D eigenvalue weighted by atomic mass is 10.3. The van der Waals surface area contributed by atoms with E-state index in [1.165, 1.54) is 0 Å². The van der Waals surface area contributed by atoms with Crippen molar-refractivity contribution in [3.8, 4) is 0 Å².